The third-order valence-electron chi connectivity index (χ3n) is 2.34. The van der Waals surface area contributed by atoms with E-state index in [-0.39, 0.29) is 5.76 Å². The van der Waals surface area contributed by atoms with Gasteiger partial charge in [-0.2, -0.15) is 5.10 Å². The number of rotatable bonds is 5. The van der Waals surface area contributed by atoms with Crippen molar-refractivity contribution in [2.24, 2.45) is 0 Å². The molecule has 1 N–H and O–H groups in total. The monoisotopic (exact) mass is 296 g/mol. The van der Waals surface area contributed by atoms with Crippen LogP contribution in [0.25, 0.3) is 5.57 Å². The highest BCUT2D eigenvalue weighted by atomic mass is 79.9. The van der Waals surface area contributed by atoms with E-state index >= 15 is 0 Å². The van der Waals surface area contributed by atoms with Crippen molar-refractivity contribution in [1.82, 2.24) is 9.78 Å². The summed E-state index contributed by atoms with van der Waals surface area (Å²) < 4.78 is 2.67. The first-order valence-corrected chi connectivity index (χ1v) is 6.38. The summed E-state index contributed by atoms with van der Waals surface area (Å²) in [6, 6.07) is 0. The van der Waals surface area contributed by atoms with E-state index < -0.39 is 0 Å². The molecule has 0 aromatic carbocycles. The Balaban J connectivity index is 3.30. The number of aromatic nitrogens is 2. The van der Waals surface area contributed by atoms with Crippen molar-refractivity contribution in [1.29, 1.82) is 0 Å². The molecule has 0 aliphatic heterocycles. The molecule has 92 valence electrons. The summed E-state index contributed by atoms with van der Waals surface area (Å²) in [5.74, 6) is 0.206. The van der Waals surface area contributed by atoms with Gasteiger partial charge in [-0.3, -0.25) is 4.68 Å². The van der Waals surface area contributed by atoms with Crippen LogP contribution < -0.4 is 0 Å². The maximum atomic E-state index is 10.0. The molecule has 0 spiro atoms. The molecule has 0 atom stereocenters. The Bertz CT molecular complexity index is 458. The molecule has 0 saturated carbocycles. The number of hydrogen-bond donors (Lipinski definition) is 1. The molecule has 0 saturated heterocycles. The first kappa shape index (κ1) is 13.8. The van der Waals surface area contributed by atoms with E-state index in [2.05, 4.69) is 27.6 Å². The number of aliphatic hydroxyl groups excluding tert-OH is 1. The number of hydrogen-bond acceptors (Lipinski definition) is 2. The highest BCUT2D eigenvalue weighted by Crippen LogP contribution is 2.27. The Morgan fingerprint density at radius 1 is 1.59 bits per heavy atom. The number of halogens is 1. The molecule has 17 heavy (non-hydrogen) atoms. The summed E-state index contributed by atoms with van der Waals surface area (Å²) in [7, 11) is 0. The van der Waals surface area contributed by atoms with Gasteiger partial charge in [-0.05, 0) is 35.4 Å². The third kappa shape index (κ3) is 3.09. The zero-order chi connectivity index (χ0) is 12.8. The van der Waals surface area contributed by atoms with Gasteiger partial charge in [0, 0.05) is 12.1 Å². The van der Waals surface area contributed by atoms with Crippen LogP contribution in [-0.4, -0.2) is 14.9 Å². The summed E-state index contributed by atoms with van der Waals surface area (Å²) in [5, 5.41) is 14.2. The smallest absolute Gasteiger partial charge is 0.124 e. The zero-order valence-corrected chi connectivity index (χ0v) is 11.7. The second kappa shape index (κ2) is 6.45. The molecule has 1 aromatic rings. The van der Waals surface area contributed by atoms with E-state index in [0.717, 1.165) is 23.1 Å². The van der Waals surface area contributed by atoms with Gasteiger partial charge in [0.05, 0.1) is 16.4 Å². The van der Waals surface area contributed by atoms with Crippen molar-refractivity contribution in [3.63, 3.8) is 0 Å². The van der Waals surface area contributed by atoms with Crippen LogP contribution in [0.5, 0.6) is 0 Å². The second-order valence-corrected chi connectivity index (χ2v) is 4.32. The van der Waals surface area contributed by atoms with Crippen LogP contribution in [0.15, 0.2) is 41.2 Å². The van der Waals surface area contributed by atoms with Crippen molar-refractivity contribution in [2.45, 2.75) is 26.8 Å². The van der Waals surface area contributed by atoms with Crippen LogP contribution in [0.2, 0.25) is 0 Å². The zero-order valence-electron chi connectivity index (χ0n) is 10.2. The van der Waals surface area contributed by atoms with E-state index in [1.165, 1.54) is 0 Å². The highest BCUT2D eigenvalue weighted by molar-refractivity contribution is 9.10. The van der Waals surface area contributed by atoms with Gasteiger partial charge in [0.1, 0.15) is 5.76 Å². The van der Waals surface area contributed by atoms with Crippen LogP contribution in [0.3, 0.4) is 0 Å². The Morgan fingerprint density at radius 3 is 2.82 bits per heavy atom. The lowest BCUT2D eigenvalue weighted by molar-refractivity contribution is 0.434. The van der Waals surface area contributed by atoms with Gasteiger partial charge in [-0.25, -0.2) is 0 Å². The fourth-order valence-corrected chi connectivity index (χ4v) is 2.02. The summed E-state index contributed by atoms with van der Waals surface area (Å²) >= 11 is 3.44. The molecular weight excluding hydrogens is 280 g/mol. The predicted octanol–water partition coefficient (Wildman–Crippen LogP) is 4.09. The molecule has 0 aliphatic carbocycles. The standard InChI is InChI=1S/C13H17BrN2O/c1-4-7-8-12(17)10(5-2)13-11(14)9-15-16(13)6-3/h5,7-9,17H,2,4,6H2,1,3H3/b8-7-,12-10-. The van der Waals surface area contributed by atoms with Crippen LogP contribution >= 0.6 is 15.9 Å². The Morgan fingerprint density at radius 2 is 2.29 bits per heavy atom. The average molecular weight is 297 g/mol. The molecule has 0 amide bonds. The summed E-state index contributed by atoms with van der Waals surface area (Å²) in [4.78, 5) is 0. The summed E-state index contributed by atoms with van der Waals surface area (Å²) in [5.41, 5.74) is 1.53. The molecule has 0 aliphatic rings. The predicted molar refractivity (Wildman–Crippen MR) is 74.8 cm³/mol. The van der Waals surface area contributed by atoms with Crippen molar-refractivity contribution < 1.29 is 5.11 Å². The van der Waals surface area contributed by atoms with Crippen LogP contribution in [0.4, 0.5) is 0 Å². The van der Waals surface area contributed by atoms with E-state index in [1.54, 1.807) is 18.3 Å². The minimum Gasteiger partial charge on any atom is -0.507 e. The first-order valence-electron chi connectivity index (χ1n) is 5.59. The van der Waals surface area contributed by atoms with E-state index in [9.17, 15) is 5.11 Å². The number of aryl methyl sites for hydroxylation is 1. The Kier molecular flexibility index (Phi) is 5.22. The van der Waals surface area contributed by atoms with Crippen molar-refractivity contribution in [3.8, 4) is 0 Å². The Hall–Kier alpha value is -1.29. The van der Waals surface area contributed by atoms with Crippen molar-refractivity contribution >= 4 is 21.5 Å². The summed E-state index contributed by atoms with van der Waals surface area (Å²) in [6.45, 7) is 8.51. The molecule has 0 radical (unpaired) electrons. The Labute approximate surface area is 110 Å². The van der Waals surface area contributed by atoms with Gasteiger partial charge in [-0.1, -0.05) is 25.7 Å². The number of nitrogens with zero attached hydrogens (tertiary/aromatic N) is 2. The molecule has 3 nitrogen and oxygen atoms in total. The second-order valence-electron chi connectivity index (χ2n) is 3.47. The highest BCUT2D eigenvalue weighted by Gasteiger charge is 2.13. The molecule has 1 aromatic heterocycles. The fraction of sp³-hybridized carbons (Fsp3) is 0.308. The minimum atomic E-state index is 0.206. The van der Waals surface area contributed by atoms with E-state index in [0.29, 0.717) is 5.57 Å². The normalized spacial score (nSPS) is 12.9. The van der Waals surface area contributed by atoms with Crippen LogP contribution in [-0.2, 0) is 6.54 Å². The van der Waals surface area contributed by atoms with Gasteiger partial charge in [0.25, 0.3) is 0 Å². The van der Waals surface area contributed by atoms with Gasteiger partial charge < -0.3 is 5.11 Å². The first-order chi connectivity index (χ1) is 8.15. The van der Waals surface area contributed by atoms with E-state index in [1.807, 2.05) is 24.6 Å². The van der Waals surface area contributed by atoms with Crippen molar-refractivity contribution in [2.75, 3.05) is 0 Å². The fourth-order valence-electron chi connectivity index (χ4n) is 1.51. The van der Waals surface area contributed by atoms with Crippen LogP contribution in [0.1, 0.15) is 26.0 Å². The maximum Gasteiger partial charge on any atom is 0.124 e. The molecule has 0 bridgehead atoms. The quantitative estimate of drug-likeness (QED) is 0.656. The third-order valence-corrected chi connectivity index (χ3v) is 2.92. The molecule has 0 fully saturated rings. The molecule has 4 heteroatoms. The topological polar surface area (TPSA) is 38.1 Å². The lowest BCUT2D eigenvalue weighted by Crippen LogP contribution is -2.02. The minimum absolute atomic E-state index is 0.206. The van der Waals surface area contributed by atoms with Gasteiger partial charge in [0.2, 0.25) is 0 Å². The largest absolute Gasteiger partial charge is 0.507 e. The lowest BCUT2D eigenvalue weighted by atomic mass is 10.1. The van der Waals surface area contributed by atoms with Gasteiger partial charge >= 0.3 is 0 Å². The molecular formula is C13H17BrN2O. The molecule has 0 unspecified atom stereocenters. The number of allylic oxidation sites excluding steroid dienone is 4. The van der Waals surface area contributed by atoms with Crippen LogP contribution in [0, 0.1) is 0 Å². The van der Waals surface area contributed by atoms with E-state index in [4.69, 9.17) is 0 Å². The van der Waals surface area contributed by atoms with Crippen molar-refractivity contribution in [3.05, 3.63) is 46.9 Å². The number of aliphatic hydroxyl groups is 1. The lowest BCUT2D eigenvalue weighted by Gasteiger charge is -2.08. The maximum absolute atomic E-state index is 10.0. The SMILES string of the molecule is C=C/C(=C(O)\C=C/CC)c1c(Br)cnn1CC. The molecule has 1 rings (SSSR count). The van der Waals surface area contributed by atoms with Gasteiger partial charge in [-0.15, -0.1) is 0 Å². The summed E-state index contributed by atoms with van der Waals surface area (Å²) in [6.07, 6.45) is 7.83. The average Bonchev–Trinajstić information content (AvgIpc) is 2.69. The molecule has 1 heterocycles. The van der Waals surface area contributed by atoms with Gasteiger partial charge in [0.15, 0.2) is 0 Å².